The molecule has 0 aliphatic carbocycles. The lowest BCUT2D eigenvalue weighted by molar-refractivity contribution is -0.121. The predicted molar refractivity (Wildman–Crippen MR) is 98.1 cm³/mol. The Bertz CT molecular complexity index is 334. The van der Waals surface area contributed by atoms with Crippen LogP contribution < -0.4 is 16.2 Å². The maximum Gasteiger partial charge on any atom is 0.238 e. The number of nitrogens with one attached hydrogen (secondary N) is 3. The van der Waals surface area contributed by atoms with Crippen molar-refractivity contribution in [1.82, 2.24) is 16.2 Å². The molecule has 1 amide bonds. The van der Waals surface area contributed by atoms with E-state index in [2.05, 4.69) is 23.1 Å². The van der Waals surface area contributed by atoms with Gasteiger partial charge in [-0.05, 0) is 31.5 Å². The fourth-order valence-electron chi connectivity index (χ4n) is 2.66. The summed E-state index contributed by atoms with van der Waals surface area (Å²) in [7, 11) is 0. The van der Waals surface area contributed by atoms with E-state index in [1.54, 1.807) is 0 Å². The predicted octanol–water partition coefficient (Wildman–Crippen LogP) is 3.19. The molecule has 0 aromatic rings. The lowest BCUT2D eigenvalue weighted by Gasteiger charge is -2.14. The van der Waals surface area contributed by atoms with Crippen LogP contribution in [0.2, 0.25) is 0 Å². The van der Waals surface area contributed by atoms with E-state index in [0.717, 1.165) is 32.3 Å². The Morgan fingerprint density at radius 3 is 2.43 bits per heavy atom. The molecule has 23 heavy (non-hydrogen) atoms. The van der Waals surface area contributed by atoms with Gasteiger partial charge in [-0.15, -0.1) is 0 Å². The molecule has 0 radical (unpaired) electrons. The first-order chi connectivity index (χ1) is 11.2. The number of amides is 1. The normalized spacial score (nSPS) is 17.0. The third-order valence-electron chi connectivity index (χ3n) is 4.09. The largest absolute Gasteiger partial charge is 0.376 e. The van der Waals surface area contributed by atoms with Crippen LogP contribution in [0.4, 0.5) is 0 Å². The fourth-order valence-corrected chi connectivity index (χ4v) is 2.80. The molecule has 0 saturated carbocycles. The Balaban J connectivity index is 1.88. The SMILES string of the molecule is CCCCCCCCCCC(=O)NNC(=S)NC[C@H]1CCCO1. The lowest BCUT2D eigenvalue weighted by Crippen LogP contribution is -2.48. The Morgan fingerprint density at radius 2 is 1.78 bits per heavy atom. The zero-order chi connectivity index (χ0) is 16.8. The van der Waals surface area contributed by atoms with Gasteiger partial charge in [-0.1, -0.05) is 51.9 Å². The summed E-state index contributed by atoms with van der Waals surface area (Å²) in [4.78, 5) is 11.7. The summed E-state index contributed by atoms with van der Waals surface area (Å²) < 4.78 is 5.50. The van der Waals surface area contributed by atoms with Crippen molar-refractivity contribution < 1.29 is 9.53 Å². The minimum absolute atomic E-state index is 0.00255. The Kier molecular flexibility index (Phi) is 11.9. The second-order valence-electron chi connectivity index (χ2n) is 6.24. The lowest BCUT2D eigenvalue weighted by atomic mass is 10.1. The monoisotopic (exact) mass is 343 g/mol. The van der Waals surface area contributed by atoms with Gasteiger partial charge in [0.2, 0.25) is 5.91 Å². The zero-order valence-corrected chi connectivity index (χ0v) is 15.3. The van der Waals surface area contributed by atoms with E-state index in [-0.39, 0.29) is 12.0 Å². The smallest absolute Gasteiger partial charge is 0.238 e. The van der Waals surface area contributed by atoms with Crippen molar-refractivity contribution in [3.63, 3.8) is 0 Å². The van der Waals surface area contributed by atoms with Gasteiger partial charge >= 0.3 is 0 Å². The van der Waals surface area contributed by atoms with Gasteiger partial charge in [0.1, 0.15) is 0 Å². The Labute approximate surface area is 146 Å². The van der Waals surface area contributed by atoms with Gasteiger partial charge in [0, 0.05) is 19.6 Å². The second-order valence-corrected chi connectivity index (χ2v) is 6.65. The van der Waals surface area contributed by atoms with Crippen molar-refractivity contribution in [2.75, 3.05) is 13.2 Å². The summed E-state index contributed by atoms with van der Waals surface area (Å²) >= 11 is 5.12. The van der Waals surface area contributed by atoms with Crippen molar-refractivity contribution in [2.24, 2.45) is 0 Å². The number of unbranched alkanes of at least 4 members (excludes halogenated alkanes) is 7. The van der Waals surface area contributed by atoms with Crippen molar-refractivity contribution in [2.45, 2.75) is 83.7 Å². The Morgan fingerprint density at radius 1 is 1.09 bits per heavy atom. The van der Waals surface area contributed by atoms with Gasteiger partial charge in [-0.3, -0.25) is 15.6 Å². The van der Waals surface area contributed by atoms with Crippen LogP contribution in [-0.4, -0.2) is 30.3 Å². The summed E-state index contributed by atoms with van der Waals surface area (Å²) in [5.41, 5.74) is 5.39. The molecular weight excluding hydrogens is 310 g/mol. The number of carbonyl (C=O) groups is 1. The van der Waals surface area contributed by atoms with Crippen LogP contribution in [0.5, 0.6) is 0 Å². The molecule has 1 atom stereocenters. The van der Waals surface area contributed by atoms with Crippen LogP contribution in [0, 0.1) is 0 Å². The molecule has 5 nitrogen and oxygen atoms in total. The quantitative estimate of drug-likeness (QED) is 0.305. The average molecular weight is 344 g/mol. The second kappa shape index (κ2) is 13.5. The topological polar surface area (TPSA) is 62.4 Å². The highest BCUT2D eigenvalue weighted by Crippen LogP contribution is 2.10. The number of thiocarbonyl (C=S) groups is 1. The molecule has 0 unspecified atom stereocenters. The van der Waals surface area contributed by atoms with Gasteiger partial charge in [0.05, 0.1) is 6.10 Å². The summed E-state index contributed by atoms with van der Waals surface area (Å²) in [5.74, 6) is -0.00255. The molecule has 0 aromatic heterocycles. The van der Waals surface area contributed by atoms with Crippen LogP contribution in [0.3, 0.4) is 0 Å². The first-order valence-corrected chi connectivity index (χ1v) is 9.57. The van der Waals surface area contributed by atoms with E-state index >= 15 is 0 Å². The molecule has 6 heteroatoms. The van der Waals surface area contributed by atoms with E-state index in [1.807, 2.05) is 0 Å². The molecule has 0 aromatic carbocycles. The highest BCUT2D eigenvalue weighted by Gasteiger charge is 2.15. The molecule has 134 valence electrons. The highest BCUT2D eigenvalue weighted by molar-refractivity contribution is 7.80. The van der Waals surface area contributed by atoms with Crippen molar-refractivity contribution >= 4 is 23.2 Å². The van der Waals surface area contributed by atoms with E-state index in [1.165, 1.54) is 38.5 Å². The number of hydrogen-bond donors (Lipinski definition) is 3. The third-order valence-corrected chi connectivity index (χ3v) is 4.33. The van der Waals surface area contributed by atoms with Gasteiger partial charge in [0.25, 0.3) is 0 Å². The maximum absolute atomic E-state index is 11.7. The number of ether oxygens (including phenoxy) is 1. The molecule has 1 fully saturated rings. The van der Waals surface area contributed by atoms with Gasteiger partial charge in [0.15, 0.2) is 5.11 Å². The van der Waals surface area contributed by atoms with Gasteiger partial charge < -0.3 is 10.1 Å². The zero-order valence-electron chi connectivity index (χ0n) is 14.5. The first kappa shape index (κ1) is 20.2. The fraction of sp³-hybridized carbons (Fsp3) is 0.882. The van der Waals surface area contributed by atoms with Crippen LogP contribution in [0.1, 0.15) is 77.6 Å². The van der Waals surface area contributed by atoms with Crippen molar-refractivity contribution in [3.8, 4) is 0 Å². The molecule has 0 spiro atoms. The number of carbonyl (C=O) groups excluding carboxylic acids is 1. The number of hydrazine groups is 1. The van der Waals surface area contributed by atoms with Crippen molar-refractivity contribution in [1.29, 1.82) is 0 Å². The van der Waals surface area contributed by atoms with Crippen LogP contribution in [0.25, 0.3) is 0 Å². The first-order valence-electron chi connectivity index (χ1n) is 9.16. The molecule has 1 aliphatic rings. The summed E-state index contributed by atoms with van der Waals surface area (Å²) in [5, 5.41) is 3.51. The molecule has 1 rings (SSSR count). The third kappa shape index (κ3) is 11.3. The standard InChI is InChI=1S/C17H33N3O2S/c1-2-3-4-5-6-7-8-9-12-16(21)19-20-17(23)18-14-15-11-10-13-22-15/h15H,2-14H2,1H3,(H,19,21)(H2,18,20,23)/t15-/m1/s1. The molecule has 1 saturated heterocycles. The van der Waals surface area contributed by atoms with Gasteiger partial charge in [-0.25, -0.2) is 0 Å². The van der Waals surface area contributed by atoms with Crippen molar-refractivity contribution in [3.05, 3.63) is 0 Å². The van der Waals surface area contributed by atoms with Crippen LogP contribution in [-0.2, 0) is 9.53 Å². The minimum atomic E-state index is -0.00255. The number of hydrogen-bond acceptors (Lipinski definition) is 3. The number of rotatable bonds is 11. The van der Waals surface area contributed by atoms with E-state index in [0.29, 0.717) is 18.1 Å². The highest BCUT2D eigenvalue weighted by atomic mass is 32.1. The molecule has 3 N–H and O–H groups in total. The summed E-state index contributed by atoms with van der Waals surface area (Å²) in [6.07, 6.45) is 12.9. The van der Waals surface area contributed by atoms with Crippen LogP contribution >= 0.6 is 12.2 Å². The molecular formula is C17H33N3O2S. The summed E-state index contributed by atoms with van der Waals surface area (Å²) in [6, 6.07) is 0. The van der Waals surface area contributed by atoms with Gasteiger partial charge in [-0.2, -0.15) is 0 Å². The van der Waals surface area contributed by atoms with Crippen LogP contribution in [0.15, 0.2) is 0 Å². The van der Waals surface area contributed by atoms with E-state index < -0.39 is 0 Å². The minimum Gasteiger partial charge on any atom is -0.376 e. The molecule has 1 aliphatic heterocycles. The maximum atomic E-state index is 11.7. The average Bonchev–Trinajstić information content (AvgIpc) is 3.07. The Hall–Kier alpha value is -0.880. The van der Waals surface area contributed by atoms with E-state index in [4.69, 9.17) is 17.0 Å². The van der Waals surface area contributed by atoms with E-state index in [9.17, 15) is 4.79 Å². The molecule has 0 bridgehead atoms. The summed E-state index contributed by atoms with van der Waals surface area (Å²) in [6.45, 7) is 3.76. The molecule has 1 heterocycles.